The summed E-state index contributed by atoms with van der Waals surface area (Å²) in [6.07, 6.45) is 0. The number of para-hydroxylation sites is 1. The molecule has 0 N–H and O–H groups in total. The highest BCUT2D eigenvalue weighted by Gasteiger charge is 2.23. The number of fused-ring (bicyclic) bond motifs is 9. The summed E-state index contributed by atoms with van der Waals surface area (Å²) in [4.78, 5) is 15.5. The summed E-state index contributed by atoms with van der Waals surface area (Å²) >= 11 is 0. The lowest BCUT2D eigenvalue weighted by atomic mass is 9.60. The summed E-state index contributed by atoms with van der Waals surface area (Å²) in [7, 11) is 26.8. The van der Waals surface area contributed by atoms with E-state index >= 15 is 0 Å². The van der Waals surface area contributed by atoms with Gasteiger partial charge < -0.3 is 4.42 Å². The highest BCUT2D eigenvalue weighted by atomic mass is 16.3. The van der Waals surface area contributed by atoms with E-state index in [9.17, 15) is 0 Å². The first-order valence-electron chi connectivity index (χ1n) is 21.5. The molecule has 2 aromatic heterocycles. The molecule has 0 amide bonds. The molecule has 0 spiro atoms. The van der Waals surface area contributed by atoms with E-state index in [2.05, 4.69) is 167 Å². The fourth-order valence-electron chi connectivity index (χ4n) is 10.2. The SMILES string of the molecule is Bc1cc2c(cc1B)c1c(B)c(B)cc(B)c1c1c(B)c(-c3cccc4c3oc3cc(-c5nc(-c6ccccc6)nc(-c6c(B)c(B)c(B)c(B)c6B)n5)ccc34)c(B)cc21. The fraction of sp³-hybridized carbons (Fsp3) is 0. The molecular formula is C45H39B12N3O. The zero-order valence-electron chi connectivity index (χ0n) is 37.4. The van der Waals surface area contributed by atoms with Gasteiger partial charge in [-0.25, -0.2) is 15.0 Å². The molecule has 2 heterocycles. The van der Waals surface area contributed by atoms with Crippen LogP contribution in [-0.2, 0) is 0 Å². The Labute approximate surface area is 367 Å². The Hall–Kier alpha value is -5.87. The second kappa shape index (κ2) is 14.4. The van der Waals surface area contributed by atoms with Crippen molar-refractivity contribution in [1.29, 1.82) is 0 Å². The van der Waals surface area contributed by atoms with Gasteiger partial charge in [-0.15, -0.1) is 16.4 Å². The maximum absolute atomic E-state index is 7.01. The second-order valence-corrected chi connectivity index (χ2v) is 17.7. The van der Waals surface area contributed by atoms with Crippen molar-refractivity contribution in [2.45, 2.75) is 0 Å². The molecule has 0 atom stereocenters. The molecule has 10 rings (SSSR count). The van der Waals surface area contributed by atoms with E-state index in [0.717, 1.165) is 44.2 Å². The lowest BCUT2D eigenvalue weighted by Crippen LogP contribution is -2.55. The summed E-state index contributed by atoms with van der Waals surface area (Å²) in [6.45, 7) is 0. The van der Waals surface area contributed by atoms with Gasteiger partial charge in [0.05, 0.1) is 0 Å². The third-order valence-electron chi connectivity index (χ3n) is 14.2. The molecule has 0 aliphatic rings. The van der Waals surface area contributed by atoms with Crippen LogP contribution in [0.4, 0.5) is 0 Å². The number of furan rings is 1. The lowest BCUT2D eigenvalue weighted by molar-refractivity contribution is 0.670. The summed E-state index contributed by atoms with van der Waals surface area (Å²) in [5.74, 6) is 1.95. The zero-order valence-corrected chi connectivity index (χ0v) is 37.4. The molecule has 10 aromatic rings. The lowest BCUT2D eigenvalue weighted by Gasteiger charge is -2.22. The average Bonchev–Trinajstić information content (AvgIpc) is 3.63. The fourth-order valence-corrected chi connectivity index (χ4v) is 10.2. The maximum atomic E-state index is 7.01. The second-order valence-electron chi connectivity index (χ2n) is 17.7. The predicted molar refractivity (Wildman–Crippen MR) is 300 cm³/mol. The van der Waals surface area contributed by atoms with E-state index in [1.165, 1.54) is 103 Å². The van der Waals surface area contributed by atoms with Crippen molar-refractivity contribution >= 4 is 214 Å². The number of hydrogen-bond acceptors (Lipinski definition) is 4. The summed E-state index contributed by atoms with van der Waals surface area (Å²) in [5, 5.41) is 10.2. The summed E-state index contributed by atoms with van der Waals surface area (Å²) < 4.78 is 7.01. The zero-order chi connectivity index (χ0) is 42.8. The first kappa shape index (κ1) is 39.3. The van der Waals surface area contributed by atoms with Crippen molar-refractivity contribution in [3.05, 3.63) is 91.0 Å². The number of benzene rings is 8. The Morgan fingerprint density at radius 2 is 0.934 bits per heavy atom. The molecule has 0 aliphatic heterocycles. The quantitative estimate of drug-likeness (QED) is 0.132. The van der Waals surface area contributed by atoms with Gasteiger partial charge >= 0.3 is 0 Å². The Morgan fingerprint density at radius 3 is 1.62 bits per heavy atom. The van der Waals surface area contributed by atoms with Gasteiger partial charge in [-0.05, 0) is 50.0 Å². The van der Waals surface area contributed by atoms with E-state index in [1.807, 2.05) is 18.2 Å². The third kappa shape index (κ3) is 5.96. The first-order chi connectivity index (χ1) is 29.2. The molecule has 0 bridgehead atoms. The topological polar surface area (TPSA) is 51.8 Å². The van der Waals surface area contributed by atoms with Crippen LogP contribution >= 0.6 is 0 Å². The van der Waals surface area contributed by atoms with E-state index in [4.69, 9.17) is 19.4 Å². The molecule has 0 saturated heterocycles. The highest BCUT2D eigenvalue weighted by Crippen LogP contribution is 2.39. The van der Waals surface area contributed by atoms with Crippen LogP contribution in [0.2, 0.25) is 0 Å². The first-order valence-corrected chi connectivity index (χ1v) is 21.5. The Balaban J connectivity index is 1.20. The van der Waals surface area contributed by atoms with Gasteiger partial charge in [-0.1, -0.05) is 128 Å². The minimum Gasteiger partial charge on any atom is -0.455 e. The number of aromatic nitrogens is 3. The highest BCUT2D eigenvalue weighted by molar-refractivity contribution is 6.69. The molecule has 276 valence electrons. The molecule has 0 aliphatic carbocycles. The molecule has 61 heavy (non-hydrogen) atoms. The normalized spacial score (nSPS) is 11.7. The maximum Gasteiger partial charge on any atom is 0.164 e. The van der Waals surface area contributed by atoms with Gasteiger partial charge in [0.1, 0.15) is 105 Å². The molecule has 0 unspecified atom stereocenters. The molecular weight excluding hydrogens is 728 g/mol. The van der Waals surface area contributed by atoms with Gasteiger partial charge in [0.2, 0.25) is 0 Å². The molecule has 0 saturated carbocycles. The largest absolute Gasteiger partial charge is 0.455 e. The van der Waals surface area contributed by atoms with Crippen LogP contribution in [0.3, 0.4) is 0 Å². The van der Waals surface area contributed by atoms with Gasteiger partial charge in [-0.3, -0.25) is 0 Å². The van der Waals surface area contributed by atoms with Crippen molar-refractivity contribution in [3.63, 3.8) is 0 Å². The van der Waals surface area contributed by atoms with E-state index in [1.54, 1.807) is 0 Å². The minimum atomic E-state index is 0.618. The number of nitrogens with zero attached hydrogens (tertiary/aromatic N) is 3. The van der Waals surface area contributed by atoms with Crippen molar-refractivity contribution in [2.75, 3.05) is 0 Å². The van der Waals surface area contributed by atoms with Crippen LogP contribution in [-0.4, -0.2) is 109 Å². The molecule has 16 heteroatoms. The Bertz CT molecular complexity index is 3550. The summed E-state index contributed by atoms with van der Waals surface area (Å²) in [5.41, 5.74) is 22.3. The van der Waals surface area contributed by atoms with E-state index < -0.39 is 0 Å². The van der Waals surface area contributed by atoms with E-state index in [-0.39, 0.29) is 0 Å². The van der Waals surface area contributed by atoms with Crippen LogP contribution in [0.25, 0.3) is 99.5 Å². The van der Waals surface area contributed by atoms with Gasteiger partial charge in [0, 0.05) is 33.0 Å². The van der Waals surface area contributed by atoms with Crippen LogP contribution in [0.15, 0.2) is 95.4 Å². The molecule has 0 fully saturated rings. The Morgan fingerprint density at radius 1 is 0.344 bits per heavy atom. The third-order valence-corrected chi connectivity index (χ3v) is 14.2. The van der Waals surface area contributed by atoms with Gasteiger partial charge in [-0.2, -0.15) is 0 Å². The molecule has 0 radical (unpaired) electrons. The number of rotatable bonds is 4. The van der Waals surface area contributed by atoms with Gasteiger partial charge in [0.25, 0.3) is 0 Å². The van der Waals surface area contributed by atoms with Crippen LogP contribution in [0.1, 0.15) is 0 Å². The minimum absolute atomic E-state index is 0.618. The van der Waals surface area contributed by atoms with Crippen molar-refractivity contribution in [1.82, 2.24) is 15.0 Å². The Kier molecular flexibility index (Phi) is 9.25. The smallest absolute Gasteiger partial charge is 0.164 e. The number of hydrogen-bond donors (Lipinski definition) is 0. The van der Waals surface area contributed by atoms with Crippen molar-refractivity contribution < 1.29 is 4.42 Å². The van der Waals surface area contributed by atoms with Crippen LogP contribution in [0.5, 0.6) is 0 Å². The van der Waals surface area contributed by atoms with Crippen LogP contribution in [0, 0.1) is 0 Å². The predicted octanol–water partition coefficient (Wildman–Crippen LogP) is -9.00. The van der Waals surface area contributed by atoms with Crippen LogP contribution < -0.4 is 65.6 Å². The average molecular weight is 768 g/mol. The molecule has 4 nitrogen and oxygen atoms in total. The standard InChI is InChI=1S/C45H39B12N3O/c46-24-12-21-22(13-25(24)47)31-33(27(49)15-28(50)35(31)51)32-23(21)14-26(48)30(36(32)52)20-8-4-7-19-18-10-9-17(11-29(18)61-42(19)20)44-58-43(16-5-2-1-3-6-16)59-45(60-44)34-37(53)39(55)41(57)40(56)38(34)54/h1-15H,46-57H2. The van der Waals surface area contributed by atoms with Gasteiger partial charge in [0.15, 0.2) is 17.5 Å². The van der Waals surface area contributed by atoms with Crippen molar-refractivity contribution in [3.8, 4) is 45.3 Å². The molecule has 8 aromatic carbocycles. The van der Waals surface area contributed by atoms with E-state index in [0.29, 0.717) is 17.5 Å². The monoisotopic (exact) mass is 769 g/mol. The summed E-state index contributed by atoms with van der Waals surface area (Å²) in [6, 6.07) is 32.8. The van der Waals surface area contributed by atoms with Crippen molar-refractivity contribution in [2.24, 2.45) is 0 Å².